The highest BCUT2D eigenvalue weighted by Crippen LogP contribution is 2.31. The summed E-state index contributed by atoms with van der Waals surface area (Å²) in [7, 11) is 0. The van der Waals surface area contributed by atoms with Crippen LogP contribution in [-0.2, 0) is 6.42 Å². The van der Waals surface area contributed by atoms with E-state index in [1.54, 1.807) is 4.68 Å². The van der Waals surface area contributed by atoms with Crippen molar-refractivity contribution < 1.29 is 5.11 Å². The first-order valence-corrected chi connectivity index (χ1v) is 7.36. The normalized spacial score (nSPS) is 10.8. The number of rotatable bonds is 4. The van der Waals surface area contributed by atoms with Crippen LogP contribution in [0.5, 0.6) is 5.75 Å². The summed E-state index contributed by atoms with van der Waals surface area (Å²) in [6, 6.07) is 11.4. The van der Waals surface area contributed by atoms with E-state index in [1.165, 1.54) is 0 Å². The Balaban J connectivity index is 2.01. The molecule has 6 heteroatoms. The molecule has 0 radical (unpaired) electrons. The Morgan fingerprint density at radius 1 is 1.36 bits per heavy atom. The van der Waals surface area contributed by atoms with E-state index in [4.69, 9.17) is 12.2 Å². The van der Waals surface area contributed by atoms with Crippen LogP contribution < -0.4 is 5.43 Å². The quantitative estimate of drug-likeness (QED) is 0.644. The second kappa shape index (κ2) is 5.65. The molecule has 3 rings (SSSR count). The maximum atomic E-state index is 10.5. The van der Waals surface area contributed by atoms with Crippen molar-refractivity contribution in [2.75, 3.05) is 5.43 Å². The molecule has 0 bridgehead atoms. The zero-order chi connectivity index (χ0) is 15.7. The second-order valence-corrected chi connectivity index (χ2v) is 5.29. The van der Waals surface area contributed by atoms with Gasteiger partial charge in [0.1, 0.15) is 5.75 Å². The van der Waals surface area contributed by atoms with E-state index in [1.807, 2.05) is 43.3 Å². The van der Waals surface area contributed by atoms with Crippen LogP contribution in [0.1, 0.15) is 18.3 Å². The minimum Gasteiger partial charge on any atom is -0.507 e. The fourth-order valence-corrected chi connectivity index (χ4v) is 2.57. The third-order valence-corrected chi connectivity index (χ3v) is 3.80. The van der Waals surface area contributed by atoms with Crippen LogP contribution in [-0.4, -0.2) is 20.0 Å². The topological polar surface area (TPSA) is 65.9 Å². The van der Waals surface area contributed by atoms with Gasteiger partial charge >= 0.3 is 0 Å². The minimum absolute atomic E-state index is 0.198. The molecule has 5 nitrogen and oxygen atoms in total. The summed E-state index contributed by atoms with van der Waals surface area (Å²) in [6.07, 6.45) is 0.719. The van der Waals surface area contributed by atoms with E-state index >= 15 is 0 Å². The summed E-state index contributed by atoms with van der Waals surface area (Å²) in [6.45, 7) is 5.99. The van der Waals surface area contributed by atoms with Gasteiger partial charge in [-0.05, 0) is 23.7 Å². The molecule has 0 unspecified atom stereocenters. The number of hydrogen-bond donors (Lipinski definition) is 3. The summed E-state index contributed by atoms with van der Waals surface area (Å²) in [5.41, 5.74) is 4.28. The molecule has 0 saturated carbocycles. The molecule has 1 aromatic heterocycles. The number of aryl methyl sites for hydroxylation is 1. The number of benzene rings is 2. The van der Waals surface area contributed by atoms with Gasteiger partial charge in [-0.3, -0.25) is 10.5 Å². The van der Waals surface area contributed by atoms with Gasteiger partial charge in [-0.1, -0.05) is 43.8 Å². The molecule has 2 aromatic carbocycles. The molecule has 22 heavy (non-hydrogen) atoms. The molecule has 0 spiro atoms. The van der Waals surface area contributed by atoms with Gasteiger partial charge in [0.2, 0.25) is 4.77 Å². The first-order valence-electron chi connectivity index (χ1n) is 6.95. The molecule has 0 aliphatic heterocycles. The van der Waals surface area contributed by atoms with Crippen LogP contribution in [0.2, 0.25) is 0 Å². The van der Waals surface area contributed by atoms with Crippen LogP contribution in [0.15, 0.2) is 43.0 Å². The van der Waals surface area contributed by atoms with E-state index < -0.39 is 0 Å². The average molecular weight is 312 g/mol. The fourth-order valence-electron chi connectivity index (χ4n) is 2.38. The van der Waals surface area contributed by atoms with Crippen molar-refractivity contribution >= 4 is 28.7 Å². The lowest BCUT2D eigenvalue weighted by Gasteiger charge is -2.14. The van der Waals surface area contributed by atoms with Gasteiger partial charge in [0.15, 0.2) is 5.82 Å². The number of phenolic OH excluding ortho intramolecular Hbond substituents is 1. The molecule has 0 atom stereocenters. The lowest BCUT2D eigenvalue weighted by atomic mass is 10.0. The number of aromatic nitrogens is 3. The van der Waals surface area contributed by atoms with Crippen molar-refractivity contribution in [3.8, 4) is 5.75 Å². The van der Waals surface area contributed by atoms with Crippen LogP contribution in [0, 0.1) is 4.77 Å². The first-order chi connectivity index (χ1) is 10.6. The largest absolute Gasteiger partial charge is 0.507 e. The number of hydrogen-bond acceptors (Lipinski definition) is 4. The van der Waals surface area contributed by atoms with E-state index in [9.17, 15) is 5.11 Å². The van der Waals surface area contributed by atoms with Gasteiger partial charge in [0.25, 0.3) is 0 Å². The molecule has 0 fully saturated rings. The van der Waals surface area contributed by atoms with Gasteiger partial charge in [-0.15, -0.1) is 0 Å². The van der Waals surface area contributed by atoms with Gasteiger partial charge in [-0.2, -0.15) is 5.10 Å². The number of nitrogens with one attached hydrogen (secondary N) is 2. The lowest BCUT2D eigenvalue weighted by molar-refractivity contribution is 0.480. The summed E-state index contributed by atoms with van der Waals surface area (Å²) >= 11 is 5.20. The van der Waals surface area contributed by atoms with Gasteiger partial charge in [0, 0.05) is 17.4 Å². The van der Waals surface area contributed by atoms with Gasteiger partial charge in [-0.25, -0.2) is 4.68 Å². The Bertz CT molecular complexity index is 910. The molecule has 3 N–H and O–H groups in total. The van der Waals surface area contributed by atoms with Gasteiger partial charge in [0.05, 0.1) is 5.70 Å². The van der Waals surface area contributed by atoms with E-state index in [-0.39, 0.29) is 5.75 Å². The van der Waals surface area contributed by atoms with E-state index in [2.05, 4.69) is 22.2 Å². The van der Waals surface area contributed by atoms with Gasteiger partial charge < -0.3 is 5.11 Å². The lowest BCUT2D eigenvalue weighted by Crippen LogP contribution is -2.16. The van der Waals surface area contributed by atoms with Crippen molar-refractivity contribution in [2.24, 2.45) is 0 Å². The molecule has 0 saturated heterocycles. The summed E-state index contributed by atoms with van der Waals surface area (Å²) in [4.78, 5) is 0. The molecule has 112 valence electrons. The zero-order valence-corrected chi connectivity index (χ0v) is 12.9. The maximum absolute atomic E-state index is 10.5. The zero-order valence-electron chi connectivity index (χ0n) is 12.1. The number of phenols is 1. The highest BCUT2D eigenvalue weighted by molar-refractivity contribution is 7.71. The summed E-state index contributed by atoms with van der Waals surface area (Å²) in [5.74, 6) is 0.968. The summed E-state index contributed by atoms with van der Waals surface area (Å²) in [5, 5.41) is 19.1. The van der Waals surface area contributed by atoms with Crippen LogP contribution >= 0.6 is 12.2 Å². The Kier molecular flexibility index (Phi) is 3.68. The SMILES string of the molecule is C=C(Nn1c(CC)n[nH]c1=S)c1ccc2ccccc2c1O. The summed E-state index contributed by atoms with van der Waals surface area (Å²) < 4.78 is 2.12. The van der Waals surface area contributed by atoms with Crippen molar-refractivity contribution in [2.45, 2.75) is 13.3 Å². The van der Waals surface area contributed by atoms with E-state index in [0.717, 1.165) is 23.0 Å². The fraction of sp³-hybridized carbons (Fsp3) is 0.125. The maximum Gasteiger partial charge on any atom is 0.214 e. The first kappa shape index (κ1) is 14.3. The van der Waals surface area contributed by atoms with Crippen molar-refractivity contribution in [1.29, 1.82) is 0 Å². The molecule has 0 aliphatic rings. The van der Waals surface area contributed by atoms with Crippen LogP contribution in [0.4, 0.5) is 0 Å². The molecule has 0 amide bonds. The number of nitrogens with zero attached hydrogens (tertiary/aromatic N) is 2. The highest BCUT2D eigenvalue weighted by atomic mass is 32.1. The molecule has 0 aliphatic carbocycles. The molecule has 1 heterocycles. The number of fused-ring (bicyclic) bond motifs is 1. The Morgan fingerprint density at radius 2 is 2.14 bits per heavy atom. The monoisotopic (exact) mass is 312 g/mol. The Morgan fingerprint density at radius 3 is 2.91 bits per heavy atom. The Labute approximate surface area is 132 Å². The second-order valence-electron chi connectivity index (χ2n) is 4.91. The van der Waals surface area contributed by atoms with Crippen LogP contribution in [0.25, 0.3) is 16.5 Å². The standard InChI is InChI=1S/C16H16N4OS/c1-3-14-17-18-16(22)20(14)19-10(2)12-9-8-11-6-4-5-7-13(11)15(12)21/h4-9,19,21H,2-3H2,1H3,(H,18,22). The molecular weight excluding hydrogens is 296 g/mol. The molecule has 3 aromatic rings. The van der Waals surface area contributed by atoms with Crippen LogP contribution in [0.3, 0.4) is 0 Å². The minimum atomic E-state index is 0.198. The van der Waals surface area contributed by atoms with Crippen molar-refractivity contribution in [3.05, 3.63) is 59.1 Å². The van der Waals surface area contributed by atoms with Crippen molar-refractivity contribution in [1.82, 2.24) is 14.9 Å². The number of aromatic hydroxyl groups is 1. The number of H-pyrrole nitrogens is 1. The number of aromatic amines is 1. The smallest absolute Gasteiger partial charge is 0.214 e. The Hall–Kier alpha value is -2.60. The van der Waals surface area contributed by atoms with Crippen molar-refractivity contribution in [3.63, 3.8) is 0 Å². The predicted octanol–water partition coefficient (Wildman–Crippen LogP) is 3.58. The third-order valence-electron chi connectivity index (χ3n) is 3.53. The van der Waals surface area contributed by atoms with E-state index in [0.29, 0.717) is 16.0 Å². The average Bonchev–Trinajstić information content (AvgIpc) is 2.88. The molecular formula is C16H16N4OS. The third kappa shape index (κ3) is 2.37. The highest BCUT2D eigenvalue weighted by Gasteiger charge is 2.11. The predicted molar refractivity (Wildman–Crippen MR) is 90.8 cm³/mol.